The zero-order valence-corrected chi connectivity index (χ0v) is 14.1. The van der Waals surface area contributed by atoms with Crippen molar-refractivity contribution in [1.82, 2.24) is 15.1 Å². The van der Waals surface area contributed by atoms with Crippen LogP contribution in [0.4, 0.5) is 0 Å². The number of halogens is 2. The number of benzene rings is 1. The molecule has 96 valence electrons. The highest BCUT2D eigenvalue weighted by Gasteiger charge is 2.07. The van der Waals surface area contributed by atoms with Crippen LogP contribution < -0.4 is 5.32 Å². The zero-order chi connectivity index (χ0) is 13.1. The number of rotatable bonds is 4. The molecule has 0 aliphatic carbocycles. The molecule has 0 saturated heterocycles. The van der Waals surface area contributed by atoms with Crippen LogP contribution in [-0.4, -0.2) is 15.8 Å². The molecule has 0 fully saturated rings. The lowest BCUT2D eigenvalue weighted by Gasteiger charge is -2.13. The minimum Gasteiger partial charge on any atom is -0.310 e. The smallest absolute Gasteiger partial charge is 0.0691 e. The molecular formula is C13H15BrIN3. The minimum absolute atomic E-state index is 0.467. The highest BCUT2D eigenvalue weighted by molar-refractivity contribution is 14.1. The van der Waals surface area contributed by atoms with Crippen LogP contribution in [0.2, 0.25) is 0 Å². The van der Waals surface area contributed by atoms with Crippen molar-refractivity contribution in [1.29, 1.82) is 0 Å². The van der Waals surface area contributed by atoms with Crippen LogP contribution >= 0.6 is 38.5 Å². The number of hydrogen-bond acceptors (Lipinski definition) is 2. The van der Waals surface area contributed by atoms with Gasteiger partial charge in [0, 0.05) is 23.3 Å². The molecular weight excluding hydrogens is 405 g/mol. The van der Waals surface area contributed by atoms with Gasteiger partial charge in [-0.3, -0.25) is 0 Å². The summed E-state index contributed by atoms with van der Waals surface area (Å²) in [7, 11) is 0. The molecule has 0 spiro atoms. The first-order valence-electron chi connectivity index (χ1n) is 5.78. The van der Waals surface area contributed by atoms with E-state index in [0.717, 1.165) is 20.3 Å². The van der Waals surface area contributed by atoms with Crippen molar-refractivity contribution in [2.24, 2.45) is 0 Å². The summed E-state index contributed by atoms with van der Waals surface area (Å²) in [6.07, 6.45) is 3.89. The molecule has 0 atom stereocenters. The summed E-state index contributed by atoms with van der Waals surface area (Å²) in [6.45, 7) is 5.13. The second kappa shape index (κ2) is 6.16. The highest BCUT2D eigenvalue weighted by atomic mass is 127. The average Bonchev–Trinajstić information content (AvgIpc) is 2.73. The molecule has 0 amide bonds. The topological polar surface area (TPSA) is 29.9 Å². The highest BCUT2D eigenvalue weighted by Crippen LogP contribution is 2.20. The first-order chi connectivity index (χ1) is 8.56. The molecule has 1 heterocycles. The molecule has 0 aliphatic rings. The molecule has 1 aromatic heterocycles. The molecule has 1 N–H and O–H groups in total. The maximum Gasteiger partial charge on any atom is 0.0691 e. The first-order valence-corrected chi connectivity index (χ1v) is 7.66. The molecule has 0 unspecified atom stereocenters. The van der Waals surface area contributed by atoms with E-state index in [1.165, 1.54) is 5.56 Å². The van der Waals surface area contributed by atoms with Gasteiger partial charge in [0.2, 0.25) is 0 Å². The van der Waals surface area contributed by atoms with E-state index in [-0.39, 0.29) is 0 Å². The molecule has 1 aromatic carbocycles. The third kappa shape index (κ3) is 3.55. The van der Waals surface area contributed by atoms with Crippen molar-refractivity contribution in [3.63, 3.8) is 0 Å². The van der Waals surface area contributed by atoms with Gasteiger partial charge in [-0.25, -0.2) is 4.68 Å². The summed E-state index contributed by atoms with van der Waals surface area (Å²) in [5.74, 6) is 0. The number of nitrogens with one attached hydrogen (secondary N) is 1. The van der Waals surface area contributed by atoms with Crippen molar-refractivity contribution in [3.8, 4) is 5.69 Å². The third-order valence-electron chi connectivity index (χ3n) is 2.54. The van der Waals surface area contributed by atoms with Crippen LogP contribution in [0.25, 0.3) is 5.69 Å². The van der Waals surface area contributed by atoms with E-state index in [0.29, 0.717) is 6.04 Å². The summed E-state index contributed by atoms with van der Waals surface area (Å²) in [5, 5.41) is 7.81. The zero-order valence-electron chi connectivity index (χ0n) is 10.3. The van der Waals surface area contributed by atoms with E-state index in [4.69, 9.17) is 0 Å². The Labute approximate surface area is 129 Å². The van der Waals surface area contributed by atoms with Crippen LogP contribution in [0.3, 0.4) is 0 Å². The fraction of sp³-hybridized carbons (Fsp3) is 0.308. The normalized spacial score (nSPS) is 11.2. The van der Waals surface area contributed by atoms with E-state index in [9.17, 15) is 0 Å². The van der Waals surface area contributed by atoms with Crippen molar-refractivity contribution in [3.05, 3.63) is 44.2 Å². The second-order valence-electron chi connectivity index (χ2n) is 4.41. The minimum atomic E-state index is 0.467. The largest absolute Gasteiger partial charge is 0.310 e. The summed E-state index contributed by atoms with van der Waals surface area (Å²) in [4.78, 5) is 0. The molecule has 2 aromatic rings. The summed E-state index contributed by atoms with van der Waals surface area (Å²) >= 11 is 5.79. The predicted octanol–water partition coefficient (Wildman–Crippen LogP) is 3.74. The van der Waals surface area contributed by atoms with Crippen LogP contribution in [0.15, 0.2) is 35.1 Å². The van der Waals surface area contributed by atoms with Crippen LogP contribution in [-0.2, 0) is 6.54 Å². The van der Waals surface area contributed by atoms with Crippen molar-refractivity contribution < 1.29 is 0 Å². The lowest BCUT2D eigenvalue weighted by molar-refractivity contribution is 0.586. The van der Waals surface area contributed by atoms with E-state index in [1.54, 1.807) is 0 Å². The van der Waals surface area contributed by atoms with Crippen molar-refractivity contribution in [2.75, 3.05) is 0 Å². The van der Waals surface area contributed by atoms with E-state index < -0.39 is 0 Å². The maximum absolute atomic E-state index is 4.37. The molecule has 0 saturated carbocycles. The Morgan fingerprint density at radius 1 is 1.44 bits per heavy atom. The summed E-state index contributed by atoms with van der Waals surface area (Å²) in [6, 6.07) is 6.74. The van der Waals surface area contributed by atoms with Gasteiger partial charge >= 0.3 is 0 Å². The Kier molecular flexibility index (Phi) is 4.80. The fourth-order valence-corrected chi connectivity index (χ4v) is 2.46. The molecule has 18 heavy (non-hydrogen) atoms. The molecule has 0 radical (unpaired) electrons. The molecule has 0 bridgehead atoms. The van der Waals surface area contributed by atoms with Gasteiger partial charge in [0.05, 0.1) is 15.5 Å². The standard InChI is InChI=1S/C13H15BrIN3/c1-9(2)16-6-10-5-11(14)3-4-13(10)18-8-12(15)7-17-18/h3-5,7-9,16H,6H2,1-2H3. The van der Waals surface area contributed by atoms with Gasteiger partial charge < -0.3 is 5.32 Å². The second-order valence-corrected chi connectivity index (χ2v) is 6.57. The van der Waals surface area contributed by atoms with Gasteiger partial charge in [-0.1, -0.05) is 29.8 Å². The number of hydrogen-bond donors (Lipinski definition) is 1. The lowest BCUT2D eigenvalue weighted by atomic mass is 10.1. The first kappa shape index (κ1) is 14.0. The average molecular weight is 420 g/mol. The van der Waals surface area contributed by atoms with E-state index in [1.807, 2.05) is 23.1 Å². The summed E-state index contributed by atoms with van der Waals surface area (Å²) in [5.41, 5.74) is 2.35. The van der Waals surface area contributed by atoms with Crippen LogP contribution in [0.1, 0.15) is 19.4 Å². The summed E-state index contributed by atoms with van der Waals surface area (Å²) < 4.78 is 4.15. The van der Waals surface area contributed by atoms with Gasteiger partial charge in [-0.05, 0) is 46.4 Å². The molecule has 2 rings (SSSR count). The Bertz CT molecular complexity index is 537. The van der Waals surface area contributed by atoms with Gasteiger partial charge in [0.25, 0.3) is 0 Å². The molecule has 0 aliphatic heterocycles. The molecule has 3 nitrogen and oxygen atoms in total. The number of aromatic nitrogens is 2. The van der Waals surface area contributed by atoms with Crippen LogP contribution in [0.5, 0.6) is 0 Å². The van der Waals surface area contributed by atoms with Gasteiger partial charge in [0.1, 0.15) is 0 Å². The Hall–Kier alpha value is -0.400. The van der Waals surface area contributed by atoms with Gasteiger partial charge in [-0.15, -0.1) is 0 Å². The Morgan fingerprint density at radius 2 is 2.22 bits per heavy atom. The number of nitrogens with zero attached hydrogens (tertiary/aromatic N) is 2. The van der Waals surface area contributed by atoms with Crippen molar-refractivity contribution in [2.45, 2.75) is 26.4 Å². The quantitative estimate of drug-likeness (QED) is 0.765. The molecule has 5 heteroatoms. The van der Waals surface area contributed by atoms with Crippen molar-refractivity contribution >= 4 is 38.5 Å². The third-order valence-corrected chi connectivity index (χ3v) is 3.59. The Morgan fingerprint density at radius 3 is 2.83 bits per heavy atom. The van der Waals surface area contributed by atoms with E-state index in [2.05, 4.69) is 74.9 Å². The van der Waals surface area contributed by atoms with E-state index >= 15 is 0 Å². The SMILES string of the molecule is CC(C)NCc1cc(Br)ccc1-n1cc(I)cn1. The van der Waals surface area contributed by atoms with Gasteiger partial charge in [-0.2, -0.15) is 5.10 Å². The van der Waals surface area contributed by atoms with Gasteiger partial charge in [0.15, 0.2) is 0 Å². The fourth-order valence-electron chi connectivity index (χ4n) is 1.67. The van der Waals surface area contributed by atoms with Crippen LogP contribution in [0, 0.1) is 3.57 Å². The lowest BCUT2D eigenvalue weighted by Crippen LogP contribution is -2.22. The maximum atomic E-state index is 4.37. The predicted molar refractivity (Wildman–Crippen MR) is 86.0 cm³/mol. The Balaban J connectivity index is 2.34. The monoisotopic (exact) mass is 419 g/mol.